The van der Waals surface area contributed by atoms with Gasteiger partial charge in [0.05, 0.1) is 4.90 Å². The summed E-state index contributed by atoms with van der Waals surface area (Å²) in [4.78, 5) is 0.260. The lowest BCUT2D eigenvalue weighted by Crippen LogP contribution is -2.50. The first-order valence-corrected chi connectivity index (χ1v) is 8.11. The second kappa shape index (κ2) is 4.51. The standard InChI is InChI=1S/C12H17BrN2O2S/c1-8-6-9(13)10(14)7-11(8)18(16,17)15-12(2)4-3-5-12/h6-7,15H,3-5,14H2,1-2H3. The predicted octanol–water partition coefficient (Wildman–Crippen LogP) is 2.56. The Morgan fingerprint density at radius 2 is 2.00 bits per heavy atom. The Morgan fingerprint density at radius 1 is 1.39 bits per heavy atom. The molecule has 0 atom stereocenters. The van der Waals surface area contributed by atoms with Crippen LogP contribution in [0.1, 0.15) is 31.7 Å². The van der Waals surface area contributed by atoms with Crippen LogP contribution in [-0.2, 0) is 10.0 Å². The molecule has 0 unspecified atom stereocenters. The molecule has 1 aliphatic carbocycles. The molecule has 0 amide bonds. The van der Waals surface area contributed by atoms with Crippen LogP contribution in [0.3, 0.4) is 0 Å². The highest BCUT2D eigenvalue weighted by Gasteiger charge is 2.36. The molecule has 0 bridgehead atoms. The van der Waals surface area contributed by atoms with Gasteiger partial charge in [0.25, 0.3) is 0 Å². The minimum absolute atomic E-state index is 0.260. The maximum atomic E-state index is 12.3. The van der Waals surface area contributed by atoms with Gasteiger partial charge >= 0.3 is 0 Å². The molecule has 3 N–H and O–H groups in total. The molecule has 1 fully saturated rings. The number of aryl methyl sites for hydroxylation is 1. The minimum atomic E-state index is -3.50. The van der Waals surface area contributed by atoms with Crippen molar-refractivity contribution in [1.29, 1.82) is 0 Å². The summed E-state index contributed by atoms with van der Waals surface area (Å²) in [5, 5.41) is 0. The largest absolute Gasteiger partial charge is 0.398 e. The Labute approximate surface area is 116 Å². The van der Waals surface area contributed by atoms with Crippen LogP contribution in [0.25, 0.3) is 0 Å². The summed E-state index contributed by atoms with van der Waals surface area (Å²) >= 11 is 3.29. The number of halogens is 1. The Balaban J connectivity index is 2.38. The third-order valence-electron chi connectivity index (χ3n) is 3.42. The molecule has 18 heavy (non-hydrogen) atoms. The molecule has 0 aliphatic heterocycles. The van der Waals surface area contributed by atoms with Gasteiger partial charge in [0, 0.05) is 15.7 Å². The van der Waals surface area contributed by atoms with Gasteiger partial charge in [-0.15, -0.1) is 0 Å². The zero-order chi connectivity index (χ0) is 13.6. The summed E-state index contributed by atoms with van der Waals surface area (Å²) in [5.74, 6) is 0. The van der Waals surface area contributed by atoms with Crippen LogP contribution in [0.4, 0.5) is 5.69 Å². The first-order chi connectivity index (χ1) is 8.23. The summed E-state index contributed by atoms with van der Waals surface area (Å²) in [6, 6.07) is 3.23. The van der Waals surface area contributed by atoms with Crippen LogP contribution in [0, 0.1) is 6.92 Å². The van der Waals surface area contributed by atoms with Crippen molar-refractivity contribution in [2.75, 3.05) is 5.73 Å². The number of hydrogen-bond donors (Lipinski definition) is 2. The van der Waals surface area contributed by atoms with Crippen molar-refractivity contribution in [2.45, 2.75) is 43.5 Å². The van der Waals surface area contributed by atoms with E-state index in [9.17, 15) is 8.42 Å². The third-order valence-corrected chi connectivity index (χ3v) is 5.89. The van der Waals surface area contributed by atoms with Crippen LogP contribution >= 0.6 is 15.9 Å². The maximum absolute atomic E-state index is 12.3. The van der Waals surface area contributed by atoms with Gasteiger partial charge in [-0.1, -0.05) is 0 Å². The van der Waals surface area contributed by atoms with Crippen LogP contribution in [-0.4, -0.2) is 14.0 Å². The van der Waals surface area contributed by atoms with Crippen molar-refractivity contribution in [1.82, 2.24) is 4.72 Å². The molecule has 0 radical (unpaired) electrons. The van der Waals surface area contributed by atoms with Crippen LogP contribution < -0.4 is 10.5 Å². The van der Waals surface area contributed by atoms with E-state index in [1.165, 1.54) is 6.07 Å². The van der Waals surface area contributed by atoms with E-state index >= 15 is 0 Å². The number of nitrogens with one attached hydrogen (secondary N) is 1. The van der Waals surface area contributed by atoms with Gasteiger partial charge in [-0.05, 0) is 66.7 Å². The topological polar surface area (TPSA) is 72.2 Å². The summed E-state index contributed by atoms with van der Waals surface area (Å²) < 4.78 is 28.2. The zero-order valence-corrected chi connectivity index (χ0v) is 12.9. The normalized spacial score (nSPS) is 18.4. The lowest BCUT2D eigenvalue weighted by atomic mass is 9.80. The van der Waals surface area contributed by atoms with E-state index in [4.69, 9.17) is 5.73 Å². The van der Waals surface area contributed by atoms with Crippen LogP contribution in [0.15, 0.2) is 21.5 Å². The SMILES string of the molecule is Cc1cc(Br)c(N)cc1S(=O)(=O)NC1(C)CCC1. The quantitative estimate of drug-likeness (QED) is 0.835. The van der Waals surface area contributed by atoms with E-state index in [-0.39, 0.29) is 10.4 Å². The number of anilines is 1. The van der Waals surface area contributed by atoms with Crippen molar-refractivity contribution < 1.29 is 8.42 Å². The second-order valence-electron chi connectivity index (χ2n) is 5.16. The summed E-state index contributed by atoms with van der Waals surface area (Å²) in [6.07, 6.45) is 2.84. The molecule has 1 aromatic rings. The lowest BCUT2D eigenvalue weighted by molar-refractivity contribution is 0.248. The predicted molar refractivity (Wildman–Crippen MR) is 75.9 cm³/mol. The van der Waals surface area contributed by atoms with E-state index in [0.29, 0.717) is 15.7 Å². The van der Waals surface area contributed by atoms with Crippen molar-refractivity contribution in [3.05, 3.63) is 22.2 Å². The van der Waals surface area contributed by atoms with Gasteiger partial charge in [0.1, 0.15) is 0 Å². The lowest BCUT2D eigenvalue weighted by Gasteiger charge is -2.38. The number of nitrogen functional groups attached to an aromatic ring is 1. The van der Waals surface area contributed by atoms with Crippen LogP contribution in [0.5, 0.6) is 0 Å². The molecule has 1 saturated carbocycles. The summed E-state index contributed by atoms with van der Waals surface area (Å²) in [5.41, 5.74) is 6.58. The number of sulfonamides is 1. The van der Waals surface area contributed by atoms with Crippen molar-refractivity contribution in [2.24, 2.45) is 0 Å². The van der Waals surface area contributed by atoms with Gasteiger partial charge in [-0.2, -0.15) is 0 Å². The Hall–Kier alpha value is -0.590. The molecule has 0 aromatic heterocycles. The molecule has 0 heterocycles. The second-order valence-corrected chi connectivity index (χ2v) is 7.66. The number of benzene rings is 1. The highest BCUT2D eigenvalue weighted by molar-refractivity contribution is 9.10. The van der Waals surface area contributed by atoms with Crippen LogP contribution in [0.2, 0.25) is 0 Å². The fraction of sp³-hybridized carbons (Fsp3) is 0.500. The van der Waals surface area contributed by atoms with E-state index < -0.39 is 10.0 Å². The Morgan fingerprint density at radius 3 is 2.50 bits per heavy atom. The van der Waals surface area contributed by atoms with E-state index in [1.807, 2.05) is 6.92 Å². The maximum Gasteiger partial charge on any atom is 0.241 e. The highest BCUT2D eigenvalue weighted by atomic mass is 79.9. The smallest absolute Gasteiger partial charge is 0.241 e. The minimum Gasteiger partial charge on any atom is -0.398 e. The molecular weight excluding hydrogens is 316 g/mol. The van der Waals surface area contributed by atoms with Crippen molar-refractivity contribution in [3.8, 4) is 0 Å². The first kappa shape index (κ1) is 13.8. The summed E-state index contributed by atoms with van der Waals surface area (Å²) in [7, 11) is -3.50. The number of rotatable bonds is 3. The van der Waals surface area contributed by atoms with E-state index in [0.717, 1.165) is 19.3 Å². The Bertz CT molecular complexity index is 580. The summed E-state index contributed by atoms with van der Waals surface area (Å²) in [6.45, 7) is 3.70. The van der Waals surface area contributed by atoms with Gasteiger partial charge < -0.3 is 5.73 Å². The fourth-order valence-corrected chi connectivity index (χ4v) is 4.33. The van der Waals surface area contributed by atoms with Gasteiger partial charge in [-0.3, -0.25) is 0 Å². The highest BCUT2D eigenvalue weighted by Crippen LogP contribution is 2.34. The van der Waals surface area contributed by atoms with Gasteiger partial charge in [0.15, 0.2) is 0 Å². The fourth-order valence-electron chi connectivity index (χ4n) is 2.15. The van der Waals surface area contributed by atoms with E-state index in [1.54, 1.807) is 13.0 Å². The average Bonchev–Trinajstić information content (AvgIpc) is 2.20. The Kier molecular flexibility index (Phi) is 3.46. The van der Waals surface area contributed by atoms with E-state index in [2.05, 4.69) is 20.7 Å². The number of nitrogens with two attached hydrogens (primary N) is 1. The molecule has 0 saturated heterocycles. The molecule has 2 rings (SSSR count). The zero-order valence-electron chi connectivity index (χ0n) is 10.5. The third kappa shape index (κ3) is 2.55. The molecule has 0 spiro atoms. The van der Waals surface area contributed by atoms with Crippen molar-refractivity contribution >= 4 is 31.6 Å². The van der Waals surface area contributed by atoms with Gasteiger partial charge in [-0.25, -0.2) is 13.1 Å². The monoisotopic (exact) mass is 332 g/mol. The average molecular weight is 333 g/mol. The first-order valence-electron chi connectivity index (χ1n) is 5.83. The number of hydrogen-bond acceptors (Lipinski definition) is 3. The van der Waals surface area contributed by atoms with Crippen molar-refractivity contribution in [3.63, 3.8) is 0 Å². The molecule has 1 aliphatic rings. The molecule has 4 nitrogen and oxygen atoms in total. The molecular formula is C12H17BrN2O2S. The van der Waals surface area contributed by atoms with Gasteiger partial charge in [0.2, 0.25) is 10.0 Å². The molecule has 100 valence electrons. The molecule has 6 heteroatoms. The molecule has 1 aromatic carbocycles.